The van der Waals surface area contributed by atoms with Gasteiger partial charge >= 0.3 is 0 Å². The summed E-state index contributed by atoms with van der Waals surface area (Å²) in [6.45, 7) is 14.2. The highest BCUT2D eigenvalue weighted by atomic mass is 16.3. The SMILES string of the molecule is C=C/C=C\c1cc(C2=CC(C)(C)CC2=C)oc1C. The van der Waals surface area contributed by atoms with Crippen molar-refractivity contribution < 1.29 is 4.42 Å². The molecule has 0 spiro atoms. The van der Waals surface area contributed by atoms with Gasteiger partial charge in [0.15, 0.2) is 0 Å². The van der Waals surface area contributed by atoms with Crippen LogP contribution in [-0.4, -0.2) is 0 Å². The zero-order valence-corrected chi connectivity index (χ0v) is 11.4. The van der Waals surface area contributed by atoms with Crippen LogP contribution in [0.5, 0.6) is 0 Å². The van der Waals surface area contributed by atoms with Crippen LogP contribution < -0.4 is 0 Å². The van der Waals surface area contributed by atoms with Crippen LogP contribution in [0.15, 0.2) is 47.4 Å². The summed E-state index contributed by atoms with van der Waals surface area (Å²) in [7, 11) is 0. The molecule has 94 valence electrons. The molecule has 0 fully saturated rings. The summed E-state index contributed by atoms with van der Waals surface area (Å²) >= 11 is 0. The molecular formula is C17H20O. The van der Waals surface area contributed by atoms with Crippen LogP contribution in [0, 0.1) is 12.3 Å². The molecule has 0 N–H and O–H groups in total. The van der Waals surface area contributed by atoms with Crippen molar-refractivity contribution in [2.75, 3.05) is 0 Å². The Morgan fingerprint density at radius 2 is 2.11 bits per heavy atom. The number of allylic oxidation sites excluding steroid dienone is 5. The van der Waals surface area contributed by atoms with Gasteiger partial charge in [-0.3, -0.25) is 0 Å². The van der Waals surface area contributed by atoms with E-state index in [1.807, 2.05) is 19.1 Å². The highest BCUT2D eigenvalue weighted by Gasteiger charge is 2.28. The number of furan rings is 1. The molecule has 0 aromatic carbocycles. The summed E-state index contributed by atoms with van der Waals surface area (Å²) in [4.78, 5) is 0. The van der Waals surface area contributed by atoms with Crippen LogP contribution in [0.4, 0.5) is 0 Å². The number of hydrogen-bond acceptors (Lipinski definition) is 1. The van der Waals surface area contributed by atoms with E-state index in [2.05, 4.69) is 39.1 Å². The van der Waals surface area contributed by atoms with E-state index in [-0.39, 0.29) is 5.41 Å². The summed E-state index contributed by atoms with van der Waals surface area (Å²) in [6.07, 6.45) is 8.96. The lowest BCUT2D eigenvalue weighted by Crippen LogP contribution is -2.00. The van der Waals surface area contributed by atoms with Crippen molar-refractivity contribution in [2.24, 2.45) is 5.41 Å². The fraction of sp³-hybridized carbons (Fsp3) is 0.294. The fourth-order valence-corrected chi connectivity index (χ4v) is 2.40. The molecule has 1 heteroatoms. The Morgan fingerprint density at radius 3 is 2.67 bits per heavy atom. The molecule has 18 heavy (non-hydrogen) atoms. The van der Waals surface area contributed by atoms with Gasteiger partial charge in [0, 0.05) is 11.1 Å². The van der Waals surface area contributed by atoms with Crippen LogP contribution in [0.2, 0.25) is 0 Å². The lowest BCUT2D eigenvalue weighted by molar-refractivity contribution is 0.500. The van der Waals surface area contributed by atoms with Gasteiger partial charge in [-0.1, -0.05) is 51.3 Å². The van der Waals surface area contributed by atoms with Crippen molar-refractivity contribution in [3.05, 3.63) is 60.1 Å². The predicted octanol–water partition coefficient (Wildman–Crippen LogP) is 5.16. The van der Waals surface area contributed by atoms with E-state index < -0.39 is 0 Å². The van der Waals surface area contributed by atoms with Gasteiger partial charge in [0.2, 0.25) is 0 Å². The first kappa shape index (κ1) is 12.7. The average Bonchev–Trinajstić information content (AvgIpc) is 2.76. The molecule has 1 aliphatic rings. The third-order valence-electron chi connectivity index (χ3n) is 3.22. The van der Waals surface area contributed by atoms with E-state index in [0.717, 1.165) is 34.7 Å². The van der Waals surface area contributed by atoms with Gasteiger partial charge in [-0.05, 0) is 30.4 Å². The molecule has 1 nitrogen and oxygen atoms in total. The van der Waals surface area contributed by atoms with Gasteiger partial charge in [0.25, 0.3) is 0 Å². The summed E-state index contributed by atoms with van der Waals surface area (Å²) in [6, 6.07) is 2.08. The third-order valence-corrected chi connectivity index (χ3v) is 3.22. The molecule has 0 bridgehead atoms. The van der Waals surface area contributed by atoms with Crippen molar-refractivity contribution in [3.63, 3.8) is 0 Å². The van der Waals surface area contributed by atoms with Gasteiger partial charge < -0.3 is 4.42 Å². The van der Waals surface area contributed by atoms with Crippen LogP contribution >= 0.6 is 0 Å². The van der Waals surface area contributed by atoms with Crippen LogP contribution in [0.25, 0.3) is 11.6 Å². The van der Waals surface area contributed by atoms with E-state index in [4.69, 9.17) is 4.42 Å². The van der Waals surface area contributed by atoms with Crippen molar-refractivity contribution in [2.45, 2.75) is 27.2 Å². The second kappa shape index (κ2) is 4.49. The summed E-state index contributed by atoms with van der Waals surface area (Å²) < 4.78 is 5.84. The molecule has 0 atom stereocenters. The van der Waals surface area contributed by atoms with E-state index >= 15 is 0 Å². The molecule has 0 saturated heterocycles. The van der Waals surface area contributed by atoms with Gasteiger partial charge in [-0.15, -0.1) is 0 Å². The number of rotatable bonds is 3. The summed E-state index contributed by atoms with van der Waals surface area (Å²) in [5, 5.41) is 0. The Morgan fingerprint density at radius 1 is 1.39 bits per heavy atom. The lowest BCUT2D eigenvalue weighted by Gasteiger charge is -2.12. The Labute approximate surface area is 109 Å². The zero-order chi connectivity index (χ0) is 13.3. The molecule has 0 saturated carbocycles. The largest absolute Gasteiger partial charge is 0.461 e. The van der Waals surface area contributed by atoms with E-state index in [1.165, 1.54) is 0 Å². The van der Waals surface area contributed by atoms with E-state index in [0.29, 0.717) is 0 Å². The quantitative estimate of drug-likeness (QED) is 0.665. The second-order valence-corrected chi connectivity index (χ2v) is 5.54. The topological polar surface area (TPSA) is 13.1 Å². The van der Waals surface area contributed by atoms with E-state index in [1.54, 1.807) is 6.08 Å². The first-order valence-corrected chi connectivity index (χ1v) is 6.24. The molecule has 0 unspecified atom stereocenters. The smallest absolute Gasteiger partial charge is 0.134 e. The highest BCUT2D eigenvalue weighted by molar-refractivity contribution is 5.80. The minimum atomic E-state index is 0.185. The maximum absolute atomic E-state index is 5.84. The Hall–Kier alpha value is -1.76. The summed E-state index contributed by atoms with van der Waals surface area (Å²) in [5.74, 6) is 1.85. The monoisotopic (exact) mass is 240 g/mol. The fourth-order valence-electron chi connectivity index (χ4n) is 2.40. The molecular weight excluding hydrogens is 220 g/mol. The first-order valence-electron chi connectivity index (χ1n) is 6.24. The normalized spacial score (nSPS) is 18.4. The van der Waals surface area contributed by atoms with Gasteiger partial charge in [-0.25, -0.2) is 0 Å². The van der Waals surface area contributed by atoms with E-state index in [9.17, 15) is 0 Å². The van der Waals surface area contributed by atoms with Crippen LogP contribution in [-0.2, 0) is 0 Å². The second-order valence-electron chi connectivity index (χ2n) is 5.54. The van der Waals surface area contributed by atoms with Crippen LogP contribution in [0.1, 0.15) is 37.4 Å². The maximum Gasteiger partial charge on any atom is 0.134 e. The maximum atomic E-state index is 5.84. The average molecular weight is 240 g/mol. The Bertz CT molecular complexity index is 550. The molecule has 0 aliphatic heterocycles. The zero-order valence-electron chi connectivity index (χ0n) is 11.4. The van der Waals surface area contributed by atoms with Crippen molar-refractivity contribution in [3.8, 4) is 0 Å². The Kier molecular flexibility index (Phi) is 3.16. The molecule has 1 aromatic rings. The predicted molar refractivity (Wildman–Crippen MR) is 78.2 cm³/mol. The number of hydrogen-bond donors (Lipinski definition) is 0. The minimum absolute atomic E-state index is 0.185. The highest BCUT2D eigenvalue weighted by Crippen LogP contribution is 2.43. The number of aryl methyl sites for hydroxylation is 1. The molecule has 1 aliphatic carbocycles. The van der Waals surface area contributed by atoms with Crippen molar-refractivity contribution in [1.82, 2.24) is 0 Å². The summed E-state index contributed by atoms with van der Waals surface area (Å²) in [5.41, 5.74) is 3.60. The first-order chi connectivity index (χ1) is 8.43. The molecule has 1 heterocycles. The molecule has 1 aromatic heterocycles. The molecule has 0 radical (unpaired) electrons. The minimum Gasteiger partial charge on any atom is -0.461 e. The molecule has 2 rings (SSSR count). The van der Waals surface area contributed by atoms with Crippen molar-refractivity contribution >= 4 is 11.6 Å². The third kappa shape index (κ3) is 2.40. The van der Waals surface area contributed by atoms with Gasteiger partial charge in [-0.2, -0.15) is 0 Å². The van der Waals surface area contributed by atoms with Crippen LogP contribution in [0.3, 0.4) is 0 Å². The Balaban J connectivity index is 2.39. The lowest BCUT2D eigenvalue weighted by atomic mass is 9.93. The molecule has 0 amide bonds. The van der Waals surface area contributed by atoms with Gasteiger partial charge in [0.05, 0.1) is 0 Å². The standard InChI is InChI=1S/C17H20O/c1-6-7-8-14-9-16(18-13(14)3)15-11-17(4,5)10-12(15)2/h6-9,11H,1-2,10H2,3-5H3/b8-7-. The van der Waals surface area contributed by atoms with Crippen molar-refractivity contribution in [1.29, 1.82) is 0 Å². The van der Waals surface area contributed by atoms with Gasteiger partial charge in [0.1, 0.15) is 11.5 Å².